The molecule has 0 radical (unpaired) electrons. The monoisotopic (exact) mass is 2120 g/mol. The minimum Gasteiger partial charge on any atom is -0.811 e. The molecular weight excluding hydrogens is 2060 g/mol. The number of benzene rings is 1. The third kappa shape index (κ3) is 93.0. The van der Waals surface area contributed by atoms with Gasteiger partial charge in [-0.25, -0.2) is 13.4 Å². The van der Waals surface area contributed by atoms with Crippen LogP contribution in [-0.2, 0) is 118 Å². The molecule has 0 fully saturated rings. The van der Waals surface area contributed by atoms with Gasteiger partial charge in [0.25, 0.3) is 81.4 Å². The summed E-state index contributed by atoms with van der Waals surface area (Å²) >= 11 is 5.28. The quantitative estimate of drug-likeness (QED) is 0.0113. The van der Waals surface area contributed by atoms with Gasteiger partial charge in [0.1, 0.15) is 115 Å². The molecule has 8 unspecified atom stereocenters. The Bertz CT molecular complexity index is 3880. The summed E-state index contributed by atoms with van der Waals surface area (Å²) in [7, 11) is -14.5. The minimum absolute atomic E-state index is 0. The van der Waals surface area contributed by atoms with E-state index in [-0.39, 0.29) is 108 Å². The summed E-state index contributed by atoms with van der Waals surface area (Å²) in [5.74, 6) is -1.86. The smallest absolute Gasteiger partial charge is 0.811 e. The number of thioether (sulfide) groups is 1. The number of thiocyanates is 1. The number of aromatic nitrogens is 1. The van der Waals surface area contributed by atoms with Crippen molar-refractivity contribution in [2.75, 3.05) is 107 Å². The molecule has 688 valence electrons. The van der Waals surface area contributed by atoms with Gasteiger partial charge in [0.05, 0.1) is 45.8 Å². The van der Waals surface area contributed by atoms with Crippen LogP contribution < -0.4 is 44.2 Å². The summed E-state index contributed by atoms with van der Waals surface area (Å²) in [6.45, 7) is -3.76. The maximum absolute atomic E-state index is 11.9. The number of hydrogen-bond acceptors (Lipinski definition) is 62. The summed E-state index contributed by atoms with van der Waals surface area (Å²) < 4.78 is 60.8. The molecule has 1 heterocycles. The van der Waals surface area contributed by atoms with Crippen LogP contribution in [0.4, 0.5) is 0 Å². The first-order chi connectivity index (χ1) is 56.0. The van der Waals surface area contributed by atoms with Crippen LogP contribution in [0.25, 0.3) is 0 Å². The molecule has 0 saturated carbocycles. The van der Waals surface area contributed by atoms with Gasteiger partial charge in [-0.1, -0.05) is 41.7 Å². The van der Waals surface area contributed by atoms with E-state index >= 15 is 0 Å². The van der Waals surface area contributed by atoms with E-state index in [1.165, 1.54) is 35.6 Å². The molecular formula is C38H55BaBrN19NaO57P2S4. The fraction of sp³-hybridized carbons (Fsp3) is 0.711. The number of rotatable bonds is 57. The van der Waals surface area contributed by atoms with Crippen molar-refractivity contribution >= 4 is 124 Å². The molecule has 1 aromatic carbocycles. The molecule has 76 nitrogen and oxygen atoms in total. The Labute approximate surface area is 757 Å². The van der Waals surface area contributed by atoms with Crippen LogP contribution in [0.5, 0.6) is 0 Å². The van der Waals surface area contributed by atoms with Gasteiger partial charge < -0.3 is 106 Å². The Balaban J connectivity index is -0.000000208. The summed E-state index contributed by atoms with van der Waals surface area (Å²) in [5, 5.41) is 157. The summed E-state index contributed by atoms with van der Waals surface area (Å²) in [6.07, 6.45) is -12.4. The number of alkyl halides is 1. The van der Waals surface area contributed by atoms with Crippen LogP contribution >= 0.6 is 54.2 Å². The van der Waals surface area contributed by atoms with E-state index in [1.54, 1.807) is 23.0 Å². The second kappa shape index (κ2) is 74.6. The largest absolute Gasteiger partial charge is 2.00 e. The van der Waals surface area contributed by atoms with Gasteiger partial charge in [0, 0.05) is 52.6 Å². The number of hydrogen-bond donors (Lipinski definition) is 0. The SMILES string of the molecule is COP(=O)([O-])CC(CO[N+](=O)[O-])O[N+](=O)[O-].Cc1ncsc1CCO[N+](=O)[O-].N#CCC(CO[N+](=O)[O-])O[N+](=O)[O-].N#CSCCO[N+](=O)[O-].O=[N+]([O-])OCC(CBr)O[N+](=O)[O-].O=[N+]([O-])OCC(CP(=O)([O-])[O-])O[N+](=O)[O-].O=[N+]([O-])OCC(CS(=O)(=O)c1ccccc1)O[N+](=O)[O-].O=[N+]([O-])OCC(CS(=O)CC(CO[N+](=O)[O-])O[N+](=O)[O-])O[N+](=O)[O-].[Ba+2].[Na+]. The molecule has 0 aliphatic carbocycles. The van der Waals surface area contributed by atoms with Crippen LogP contribution in [0.3, 0.4) is 0 Å². The average Bonchev–Trinajstić information content (AvgIpc) is 1.16. The predicted molar refractivity (Wildman–Crippen MR) is 366 cm³/mol. The number of nitriles is 2. The van der Waals surface area contributed by atoms with Crippen molar-refractivity contribution in [2.45, 2.75) is 67.4 Å². The van der Waals surface area contributed by atoms with Crippen LogP contribution in [0.1, 0.15) is 17.0 Å². The molecule has 85 heteroatoms. The first kappa shape index (κ1) is 127. The average molecular weight is 2120 g/mol. The van der Waals surface area contributed by atoms with Crippen molar-refractivity contribution in [1.82, 2.24) is 4.98 Å². The topological polar surface area (TPSA) is 1060 Å². The van der Waals surface area contributed by atoms with E-state index in [0.717, 1.165) is 29.4 Å². The molecule has 0 aliphatic heterocycles. The van der Waals surface area contributed by atoms with Crippen molar-refractivity contribution in [3.63, 3.8) is 0 Å². The normalized spacial score (nSPS) is 12.2. The minimum atomic E-state index is -5.07. The maximum atomic E-state index is 11.9. The van der Waals surface area contributed by atoms with E-state index < -0.39 is 236 Å². The zero-order chi connectivity index (χ0) is 94.6. The van der Waals surface area contributed by atoms with Gasteiger partial charge in [-0.05, 0) is 30.8 Å². The second-order valence-electron chi connectivity index (χ2n) is 18.6. The standard InChI is InChI=1S/C9H10N2O8S.C6H10N4O13S.C6H8N2O3S.C4H5N3O6.C4H9N2O9P.C3H5BrN2O6.C3H7N2O9P.C3H4N2O3S.Ba.Na/c12-10(13)18-6-8(19-11(14)15)7-20(16,17)9-4-2-1-3-5-9;11-7(12)20-1-5(22-9(15)16)3-24(19)4-6(23-10(17)18)2-21-8(13)14;1-5-6(12-4-7-5)2-3-11-8(9)10;5-2-1-4(13-7(10)11)3-12-6(8)9;1-13-16(11,12)3-4(15-6(9)10)2-14-5(7)8;4-1-3(12-6(9)10)2-11-5(7)8;6-4(7)13-1-3(14-5(8)9)2-15(10,11)12;4-3-9-2-1-8-5(6)7;;/h1-5,8H,6-7H2;5-6H,1-4H2;4H,2-3H2,1H3;4H,1,3H2;4H,2-3H2,1H3,(H,11,12);3H,1-2H2;3H,1-2H2,(H2,10,11,12);1-2H2;;/q;;;;;;;;+2;+1/p-3. The second-order valence-corrected chi connectivity index (χ2v) is 28.2. The van der Waals surface area contributed by atoms with E-state index in [4.69, 9.17) is 10.5 Å². The predicted octanol–water partition coefficient (Wildman–Crippen LogP) is -6.71. The number of halogens is 1. The van der Waals surface area contributed by atoms with Crippen LogP contribution in [-0.4, -0.2) is 298 Å². The number of sulfone groups is 1. The van der Waals surface area contributed by atoms with E-state index in [0.29, 0.717) is 12.2 Å². The Morgan fingerprint density at radius 1 is 0.480 bits per heavy atom. The molecule has 2 rings (SSSR count). The molecule has 0 bridgehead atoms. The summed E-state index contributed by atoms with van der Waals surface area (Å²) in [5.41, 5.74) is 2.64. The maximum Gasteiger partial charge on any atom is 2.00 e. The van der Waals surface area contributed by atoms with Gasteiger partial charge in [-0.15, -0.1) is 173 Å². The zero-order valence-electron chi connectivity index (χ0n) is 61.1. The van der Waals surface area contributed by atoms with Gasteiger partial charge in [0.15, 0.2) is 9.84 Å². The number of aryl methyl sites for hydroxylation is 1. The molecule has 0 N–H and O–H groups in total. The zero-order valence-corrected chi connectivity index (χ0v) is 74.2. The Morgan fingerprint density at radius 2 is 0.789 bits per heavy atom. The van der Waals surface area contributed by atoms with Crippen molar-refractivity contribution in [1.29, 1.82) is 10.5 Å². The first-order valence-electron chi connectivity index (χ1n) is 28.9. The van der Waals surface area contributed by atoms with Gasteiger partial charge >= 0.3 is 78.4 Å². The van der Waals surface area contributed by atoms with Crippen molar-refractivity contribution in [3.05, 3.63) is 208 Å². The number of nitrogens with zero attached hydrogens (tertiary/aromatic N) is 19. The molecule has 0 amide bonds. The van der Waals surface area contributed by atoms with E-state index in [2.05, 4.69) is 103 Å². The molecule has 1 aromatic heterocycles. The van der Waals surface area contributed by atoms with E-state index in [1.807, 2.05) is 6.92 Å². The van der Waals surface area contributed by atoms with Crippen molar-refractivity contribution in [3.8, 4) is 11.5 Å². The van der Waals surface area contributed by atoms with Gasteiger partial charge in [-0.3, -0.25) is 4.21 Å². The summed E-state index contributed by atoms with van der Waals surface area (Å²) in [4.78, 5) is 257. The molecule has 2 aromatic rings. The third-order valence-electron chi connectivity index (χ3n) is 9.90. The number of thiazole rings is 1. The van der Waals surface area contributed by atoms with E-state index in [9.17, 15) is 198 Å². The summed E-state index contributed by atoms with van der Waals surface area (Å²) in [6, 6.07) is 8.71. The van der Waals surface area contributed by atoms with Crippen LogP contribution in [0, 0.1) is 191 Å². The first-order valence-corrected chi connectivity index (χ1v) is 38.5. The van der Waals surface area contributed by atoms with Crippen molar-refractivity contribution < 1.29 is 229 Å². The fourth-order valence-corrected chi connectivity index (χ4v) is 11.3. The Hall–Kier alpha value is -11.2. The van der Waals surface area contributed by atoms with Crippen molar-refractivity contribution in [2.24, 2.45) is 0 Å². The fourth-order valence-electron chi connectivity index (χ4n) is 5.75. The Morgan fingerprint density at radius 3 is 1.11 bits per heavy atom. The van der Waals surface area contributed by atoms with Gasteiger partial charge in [0.2, 0.25) is 0 Å². The molecule has 0 aliphatic rings. The molecule has 123 heavy (non-hydrogen) atoms. The van der Waals surface area contributed by atoms with Gasteiger partial charge in [-0.2, -0.15) is 10.5 Å². The molecule has 0 spiro atoms. The van der Waals surface area contributed by atoms with Crippen LogP contribution in [0.2, 0.25) is 0 Å². The van der Waals surface area contributed by atoms with Crippen LogP contribution in [0.15, 0.2) is 40.7 Å². The molecule has 8 atom stereocenters. The Kier molecular flexibility index (Phi) is 77.3. The molecule has 0 saturated heterocycles. The third-order valence-corrected chi connectivity index (χ3v) is 17.7.